The summed E-state index contributed by atoms with van der Waals surface area (Å²) in [6.45, 7) is 7.17. The van der Waals surface area contributed by atoms with Gasteiger partial charge >= 0.3 is 12.1 Å². The smallest absolute Gasteiger partial charge is 0.410 e. The molecule has 1 aliphatic heterocycles. The fourth-order valence-electron chi connectivity index (χ4n) is 2.24. The van der Waals surface area contributed by atoms with Crippen LogP contribution in [0.2, 0.25) is 0 Å². The first kappa shape index (κ1) is 20.4. The number of hydrogen-bond donors (Lipinski definition) is 0. The molecule has 1 saturated heterocycles. The van der Waals surface area contributed by atoms with Crippen LogP contribution in [0.1, 0.15) is 34.1 Å². The van der Waals surface area contributed by atoms with Gasteiger partial charge in [-0.25, -0.2) is 9.59 Å². The molecule has 1 amide bonds. The molecule has 0 radical (unpaired) electrons. The van der Waals surface area contributed by atoms with Crippen LogP contribution in [-0.4, -0.2) is 62.5 Å². The molecule has 1 fully saturated rings. The molecule has 0 aromatic heterocycles. The van der Waals surface area contributed by atoms with E-state index in [0.29, 0.717) is 0 Å². The third-order valence-electron chi connectivity index (χ3n) is 2.98. The average molecular weight is 363 g/mol. The van der Waals surface area contributed by atoms with E-state index in [2.05, 4.69) is 0 Å². The molecular weight excluding hydrogens is 338 g/mol. The van der Waals surface area contributed by atoms with Gasteiger partial charge in [-0.1, -0.05) is 6.08 Å². The van der Waals surface area contributed by atoms with Gasteiger partial charge in [-0.2, -0.15) is 8.42 Å². The third-order valence-corrected chi connectivity index (χ3v) is 3.61. The normalized spacial score (nSPS) is 22.0. The quantitative estimate of drug-likeness (QED) is 0.414. The number of carbonyl (C=O) groups is 2. The Bertz CT molecular complexity index is 591. The van der Waals surface area contributed by atoms with Crippen LogP contribution in [-0.2, 0) is 28.6 Å². The highest BCUT2D eigenvalue weighted by Crippen LogP contribution is 2.25. The lowest BCUT2D eigenvalue weighted by Gasteiger charge is -2.27. The average Bonchev–Trinajstić information content (AvgIpc) is 2.75. The van der Waals surface area contributed by atoms with Gasteiger partial charge < -0.3 is 9.47 Å². The predicted octanol–water partition coefficient (Wildman–Crippen LogP) is 1.46. The zero-order chi connectivity index (χ0) is 18.5. The van der Waals surface area contributed by atoms with Crippen LogP contribution in [0, 0.1) is 0 Å². The molecule has 0 N–H and O–H groups in total. The number of amides is 1. The fourth-order valence-corrected chi connectivity index (χ4v) is 2.87. The molecule has 0 aromatic rings. The van der Waals surface area contributed by atoms with E-state index in [4.69, 9.17) is 13.7 Å². The lowest BCUT2D eigenvalue weighted by Crippen LogP contribution is -2.39. The predicted molar refractivity (Wildman–Crippen MR) is 86.8 cm³/mol. The number of carbonyl (C=O) groups excluding carboxylic acids is 2. The summed E-state index contributed by atoms with van der Waals surface area (Å²) in [5, 5.41) is 0. The summed E-state index contributed by atoms with van der Waals surface area (Å²) in [7, 11) is -3.65. The van der Waals surface area contributed by atoms with Gasteiger partial charge in [0.05, 0.1) is 31.6 Å². The van der Waals surface area contributed by atoms with Gasteiger partial charge in [0, 0.05) is 12.5 Å². The Morgan fingerprint density at radius 1 is 1.29 bits per heavy atom. The fraction of sp³-hybridized carbons (Fsp3) is 0.733. The molecule has 1 unspecified atom stereocenters. The van der Waals surface area contributed by atoms with Gasteiger partial charge in [-0.05, 0) is 27.7 Å². The zero-order valence-electron chi connectivity index (χ0n) is 14.6. The summed E-state index contributed by atoms with van der Waals surface area (Å²) in [6, 6.07) is -0.518. The van der Waals surface area contributed by atoms with Crippen molar-refractivity contribution < 1.29 is 31.7 Å². The van der Waals surface area contributed by atoms with Crippen molar-refractivity contribution in [2.75, 3.05) is 19.4 Å². The Hall–Kier alpha value is -1.61. The van der Waals surface area contributed by atoms with Crippen molar-refractivity contribution in [2.45, 2.75) is 51.9 Å². The van der Waals surface area contributed by atoms with Gasteiger partial charge in [0.2, 0.25) is 0 Å². The SMILES string of the molecule is CCOC(=O)/C=C/[C@@H]1CC(OS(C)(=O)=O)CN1C(=O)OC(C)(C)C. The Morgan fingerprint density at radius 2 is 1.92 bits per heavy atom. The van der Waals surface area contributed by atoms with Crippen molar-refractivity contribution in [3.05, 3.63) is 12.2 Å². The van der Waals surface area contributed by atoms with E-state index in [-0.39, 0.29) is 19.6 Å². The maximum absolute atomic E-state index is 12.3. The Kier molecular flexibility index (Phi) is 6.79. The molecule has 9 heteroatoms. The summed E-state index contributed by atoms with van der Waals surface area (Å²) >= 11 is 0. The monoisotopic (exact) mass is 363 g/mol. The summed E-state index contributed by atoms with van der Waals surface area (Å²) in [5.74, 6) is -0.533. The molecule has 8 nitrogen and oxygen atoms in total. The first-order valence-electron chi connectivity index (χ1n) is 7.64. The number of rotatable bonds is 5. The molecule has 138 valence electrons. The number of hydrogen-bond acceptors (Lipinski definition) is 7. The van der Waals surface area contributed by atoms with E-state index in [1.165, 1.54) is 17.1 Å². The van der Waals surface area contributed by atoms with E-state index < -0.39 is 39.9 Å². The van der Waals surface area contributed by atoms with Crippen LogP contribution in [0.5, 0.6) is 0 Å². The first-order chi connectivity index (χ1) is 10.9. The van der Waals surface area contributed by atoms with E-state index in [1.54, 1.807) is 27.7 Å². The lowest BCUT2D eigenvalue weighted by atomic mass is 10.2. The van der Waals surface area contributed by atoms with Gasteiger partial charge in [-0.3, -0.25) is 9.08 Å². The minimum atomic E-state index is -3.65. The number of ether oxygens (including phenoxy) is 2. The minimum absolute atomic E-state index is 0.0554. The van der Waals surface area contributed by atoms with Crippen molar-refractivity contribution in [3.63, 3.8) is 0 Å². The van der Waals surface area contributed by atoms with Gasteiger partial charge in [0.15, 0.2) is 0 Å². The van der Waals surface area contributed by atoms with Crippen molar-refractivity contribution in [1.82, 2.24) is 4.90 Å². The maximum atomic E-state index is 12.3. The molecule has 0 bridgehead atoms. The lowest BCUT2D eigenvalue weighted by molar-refractivity contribution is -0.137. The van der Waals surface area contributed by atoms with Crippen LogP contribution in [0.25, 0.3) is 0 Å². The van der Waals surface area contributed by atoms with Crippen LogP contribution >= 0.6 is 0 Å². The summed E-state index contributed by atoms with van der Waals surface area (Å²) < 4.78 is 37.7. The number of likely N-dealkylation sites (tertiary alicyclic amines) is 1. The second kappa shape index (κ2) is 7.98. The molecule has 0 aromatic carbocycles. The van der Waals surface area contributed by atoms with Crippen LogP contribution < -0.4 is 0 Å². The molecule has 0 aliphatic carbocycles. The van der Waals surface area contributed by atoms with Gasteiger partial charge in [0.1, 0.15) is 5.60 Å². The summed E-state index contributed by atoms with van der Waals surface area (Å²) in [6.07, 6.45) is 2.61. The Morgan fingerprint density at radius 3 is 2.42 bits per heavy atom. The minimum Gasteiger partial charge on any atom is -0.463 e. The van der Waals surface area contributed by atoms with E-state index in [1.807, 2.05) is 0 Å². The molecule has 2 atom stereocenters. The van der Waals surface area contributed by atoms with Crippen LogP contribution in [0.4, 0.5) is 4.79 Å². The summed E-state index contributed by atoms with van der Waals surface area (Å²) in [4.78, 5) is 25.1. The molecule has 1 heterocycles. The standard InChI is InChI=1S/C15H25NO7S/c1-6-21-13(17)8-7-11-9-12(23-24(5,19)20)10-16(11)14(18)22-15(2,3)4/h7-8,11-12H,6,9-10H2,1-5H3/b8-7+/t11-,12?/m1/s1. The second-order valence-electron chi connectivity index (χ2n) is 6.47. The Balaban J connectivity index is 2.88. The van der Waals surface area contributed by atoms with E-state index in [0.717, 1.165) is 6.26 Å². The van der Waals surface area contributed by atoms with Crippen LogP contribution in [0.15, 0.2) is 12.2 Å². The van der Waals surface area contributed by atoms with Crippen molar-refractivity contribution in [1.29, 1.82) is 0 Å². The third kappa shape index (κ3) is 7.31. The largest absolute Gasteiger partial charge is 0.463 e. The highest BCUT2D eigenvalue weighted by Gasteiger charge is 2.38. The van der Waals surface area contributed by atoms with Crippen molar-refractivity contribution in [3.8, 4) is 0 Å². The Labute approximate surface area is 142 Å². The molecule has 1 aliphatic rings. The van der Waals surface area contributed by atoms with Crippen molar-refractivity contribution >= 4 is 22.2 Å². The van der Waals surface area contributed by atoms with Gasteiger partial charge in [-0.15, -0.1) is 0 Å². The molecule has 1 rings (SSSR count). The number of nitrogens with zero attached hydrogens (tertiary/aromatic N) is 1. The van der Waals surface area contributed by atoms with Gasteiger partial charge in [0.25, 0.3) is 10.1 Å². The molecule has 0 spiro atoms. The van der Waals surface area contributed by atoms with Crippen molar-refractivity contribution in [2.24, 2.45) is 0 Å². The van der Waals surface area contributed by atoms with E-state index >= 15 is 0 Å². The topological polar surface area (TPSA) is 99.2 Å². The molecule has 24 heavy (non-hydrogen) atoms. The summed E-state index contributed by atoms with van der Waals surface area (Å²) in [5.41, 5.74) is -0.692. The maximum Gasteiger partial charge on any atom is 0.410 e. The zero-order valence-corrected chi connectivity index (χ0v) is 15.5. The van der Waals surface area contributed by atoms with E-state index in [9.17, 15) is 18.0 Å². The molecular formula is C15H25NO7S. The van der Waals surface area contributed by atoms with Crippen LogP contribution in [0.3, 0.4) is 0 Å². The highest BCUT2D eigenvalue weighted by atomic mass is 32.2. The molecule has 0 saturated carbocycles. The number of esters is 1. The second-order valence-corrected chi connectivity index (χ2v) is 8.07. The first-order valence-corrected chi connectivity index (χ1v) is 9.45. The highest BCUT2D eigenvalue weighted by molar-refractivity contribution is 7.86.